The van der Waals surface area contributed by atoms with Crippen LogP contribution in [-0.4, -0.2) is 33.5 Å². The van der Waals surface area contributed by atoms with Gasteiger partial charge < -0.3 is 5.32 Å². The minimum absolute atomic E-state index is 0.282. The normalized spacial score (nSPS) is 37.4. The van der Waals surface area contributed by atoms with Gasteiger partial charge in [0.15, 0.2) is 0 Å². The molecule has 0 spiro atoms. The van der Waals surface area contributed by atoms with Gasteiger partial charge >= 0.3 is 0 Å². The fraction of sp³-hybridized carbons (Fsp3) is 1.00. The van der Waals surface area contributed by atoms with Crippen LogP contribution in [0.5, 0.6) is 0 Å². The average Bonchev–Trinajstić information content (AvgIpc) is 2.86. The Labute approximate surface area is 98.9 Å². The predicted octanol–water partition coefficient (Wildman–Crippen LogP) is 1.45. The minimum atomic E-state index is -2.79. The third-order valence-corrected chi connectivity index (χ3v) is 6.10. The Hall–Kier alpha value is -0.0900. The summed E-state index contributed by atoms with van der Waals surface area (Å²) in [5.41, 5.74) is 0.282. The summed E-state index contributed by atoms with van der Waals surface area (Å²) in [6, 6.07) is 0. The van der Waals surface area contributed by atoms with Crippen LogP contribution in [-0.2, 0) is 9.84 Å². The summed E-state index contributed by atoms with van der Waals surface area (Å²) < 4.78 is 23.1. The number of nitrogens with one attached hydrogen (secondary N) is 1. The molecule has 0 heterocycles. The van der Waals surface area contributed by atoms with Crippen molar-refractivity contribution in [1.82, 2.24) is 5.32 Å². The van der Waals surface area contributed by atoms with E-state index in [0.29, 0.717) is 5.75 Å². The van der Waals surface area contributed by atoms with Crippen LogP contribution in [0.15, 0.2) is 0 Å². The predicted molar refractivity (Wildman–Crippen MR) is 66.1 cm³/mol. The van der Waals surface area contributed by atoms with Gasteiger partial charge in [0, 0.05) is 12.3 Å². The number of sulfone groups is 1. The lowest BCUT2D eigenvalue weighted by Crippen LogP contribution is -2.33. The topological polar surface area (TPSA) is 46.2 Å². The smallest absolute Gasteiger partial charge is 0.150 e. The van der Waals surface area contributed by atoms with E-state index in [2.05, 4.69) is 5.32 Å². The maximum Gasteiger partial charge on any atom is 0.150 e. The monoisotopic (exact) mass is 245 g/mol. The molecule has 2 rings (SSSR count). The Bertz CT molecular complexity index is 340. The Kier molecular flexibility index (Phi) is 3.32. The molecule has 2 saturated carbocycles. The third-order valence-electron chi connectivity index (χ3n) is 4.39. The highest BCUT2D eigenvalue weighted by atomic mass is 32.2. The van der Waals surface area contributed by atoms with Crippen molar-refractivity contribution in [2.24, 2.45) is 17.3 Å². The van der Waals surface area contributed by atoms with E-state index in [1.54, 1.807) is 6.92 Å². The highest BCUT2D eigenvalue weighted by molar-refractivity contribution is 7.91. The lowest BCUT2D eigenvalue weighted by atomic mass is 9.80. The zero-order chi connectivity index (χ0) is 11.8. The van der Waals surface area contributed by atoms with E-state index in [0.717, 1.165) is 24.8 Å². The second-order valence-corrected chi connectivity index (χ2v) is 8.15. The van der Waals surface area contributed by atoms with Gasteiger partial charge in [-0.1, -0.05) is 6.92 Å². The van der Waals surface area contributed by atoms with Crippen LogP contribution < -0.4 is 5.32 Å². The van der Waals surface area contributed by atoms with Gasteiger partial charge in [-0.2, -0.15) is 0 Å². The average molecular weight is 245 g/mol. The third kappa shape index (κ3) is 2.59. The van der Waals surface area contributed by atoms with Gasteiger partial charge in [0.05, 0.1) is 5.75 Å². The molecule has 3 nitrogen and oxygen atoms in total. The number of rotatable bonds is 6. The van der Waals surface area contributed by atoms with Crippen LogP contribution >= 0.6 is 0 Å². The van der Waals surface area contributed by atoms with E-state index in [1.165, 1.54) is 19.3 Å². The number of hydrogen-bond acceptors (Lipinski definition) is 3. The van der Waals surface area contributed by atoms with E-state index >= 15 is 0 Å². The van der Waals surface area contributed by atoms with Crippen LogP contribution in [0.25, 0.3) is 0 Å². The second-order valence-electron chi connectivity index (χ2n) is 5.68. The van der Waals surface area contributed by atoms with E-state index in [9.17, 15) is 8.42 Å². The first kappa shape index (κ1) is 12.4. The standard InChI is InChI=1S/C12H23NO2S/c1-3-16(14,15)5-4-12(9-13-2)7-10-6-11(10)8-12/h10-11,13H,3-9H2,1-2H3. The van der Waals surface area contributed by atoms with E-state index < -0.39 is 9.84 Å². The molecule has 0 aromatic heterocycles. The molecule has 0 aliphatic heterocycles. The van der Waals surface area contributed by atoms with Crippen LogP contribution in [0.3, 0.4) is 0 Å². The first-order chi connectivity index (χ1) is 7.50. The molecule has 2 fully saturated rings. The molecule has 16 heavy (non-hydrogen) atoms. The fourth-order valence-electron chi connectivity index (χ4n) is 3.33. The lowest BCUT2D eigenvalue weighted by Gasteiger charge is -2.30. The molecular weight excluding hydrogens is 222 g/mol. The summed E-state index contributed by atoms with van der Waals surface area (Å²) in [5, 5.41) is 3.25. The molecule has 1 N–H and O–H groups in total. The molecule has 2 aliphatic rings. The maximum atomic E-state index is 11.6. The summed E-state index contributed by atoms with van der Waals surface area (Å²) in [5.74, 6) is 2.50. The summed E-state index contributed by atoms with van der Waals surface area (Å²) in [4.78, 5) is 0. The van der Waals surface area contributed by atoms with Crippen LogP contribution in [0.4, 0.5) is 0 Å². The Balaban J connectivity index is 1.93. The van der Waals surface area contributed by atoms with Gasteiger partial charge in [0.1, 0.15) is 9.84 Å². The van der Waals surface area contributed by atoms with Gasteiger partial charge in [-0.15, -0.1) is 0 Å². The molecule has 2 unspecified atom stereocenters. The Morgan fingerprint density at radius 1 is 1.31 bits per heavy atom. The van der Waals surface area contributed by atoms with Crippen LogP contribution in [0, 0.1) is 17.3 Å². The fourth-order valence-corrected chi connectivity index (χ4v) is 4.37. The van der Waals surface area contributed by atoms with Crippen molar-refractivity contribution in [1.29, 1.82) is 0 Å². The quantitative estimate of drug-likeness (QED) is 0.770. The summed E-state index contributed by atoms with van der Waals surface area (Å²) in [6.07, 6.45) is 4.75. The highest BCUT2D eigenvalue weighted by Crippen LogP contribution is 2.60. The number of fused-ring (bicyclic) bond motifs is 1. The van der Waals surface area contributed by atoms with Crippen molar-refractivity contribution >= 4 is 9.84 Å². The second kappa shape index (κ2) is 4.30. The summed E-state index contributed by atoms with van der Waals surface area (Å²) in [7, 11) is -0.822. The Morgan fingerprint density at radius 3 is 2.44 bits per heavy atom. The lowest BCUT2D eigenvalue weighted by molar-refractivity contribution is 0.248. The molecule has 0 aromatic carbocycles. The van der Waals surface area contributed by atoms with Gasteiger partial charge in [-0.3, -0.25) is 0 Å². The molecule has 2 aliphatic carbocycles. The number of hydrogen-bond donors (Lipinski definition) is 1. The molecule has 0 saturated heterocycles. The van der Waals surface area contributed by atoms with Crippen molar-refractivity contribution in [3.05, 3.63) is 0 Å². The SMILES string of the molecule is CCS(=O)(=O)CCC1(CNC)CC2CC2C1. The van der Waals surface area contributed by atoms with Crippen molar-refractivity contribution in [3.8, 4) is 0 Å². The van der Waals surface area contributed by atoms with Crippen molar-refractivity contribution in [3.63, 3.8) is 0 Å². The summed E-state index contributed by atoms with van der Waals surface area (Å²) >= 11 is 0. The van der Waals surface area contributed by atoms with Gasteiger partial charge in [0.2, 0.25) is 0 Å². The molecule has 0 bridgehead atoms. The van der Waals surface area contributed by atoms with Crippen molar-refractivity contribution in [2.45, 2.75) is 32.6 Å². The zero-order valence-electron chi connectivity index (χ0n) is 10.3. The molecule has 4 heteroatoms. The van der Waals surface area contributed by atoms with Crippen LogP contribution in [0.2, 0.25) is 0 Å². The maximum absolute atomic E-state index is 11.6. The molecular formula is C12H23NO2S. The van der Waals surface area contributed by atoms with E-state index in [4.69, 9.17) is 0 Å². The van der Waals surface area contributed by atoms with Gasteiger partial charge in [0.25, 0.3) is 0 Å². The summed E-state index contributed by atoms with van der Waals surface area (Å²) in [6.45, 7) is 2.73. The van der Waals surface area contributed by atoms with E-state index in [-0.39, 0.29) is 11.2 Å². The highest BCUT2D eigenvalue weighted by Gasteiger charge is 2.53. The van der Waals surface area contributed by atoms with Gasteiger partial charge in [-0.05, 0) is 50.0 Å². The Morgan fingerprint density at radius 2 is 1.94 bits per heavy atom. The molecule has 94 valence electrons. The van der Waals surface area contributed by atoms with Crippen molar-refractivity contribution < 1.29 is 8.42 Å². The zero-order valence-corrected chi connectivity index (χ0v) is 11.1. The largest absolute Gasteiger partial charge is 0.319 e. The van der Waals surface area contributed by atoms with E-state index in [1.807, 2.05) is 7.05 Å². The van der Waals surface area contributed by atoms with Crippen LogP contribution in [0.1, 0.15) is 32.6 Å². The molecule has 2 atom stereocenters. The molecule has 0 aromatic rings. The first-order valence-corrected chi connectivity index (χ1v) is 8.17. The minimum Gasteiger partial charge on any atom is -0.319 e. The van der Waals surface area contributed by atoms with Gasteiger partial charge in [-0.25, -0.2) is 8.42 Å². The molecule has 0 radical (unpaired) electrons. The molecule has 0 amide bonds. The first-order valence-electron chi connectivity index (χ1n) is 6.35. The van der Waals surface area contributed by atoms with Crippen molar-refractivity contribution in [2.75, 3.05) is 25.1 Å².